The molecule has 0 aromatic rings. The third-order valence-corrected chi connectivity index (χ3v) is 3.80. The first-order valence-corrected chi connectivity index (χ1v) is 7.50. The predicted octanol–water partition coefficient (Wildman–Crippen LogP) is -0.531. The van der Waals surface area contributed by atoms with Crippen molar-refractivity contribution in [2.75, 3.05) is 0 Å². The number of nitrogens with one attached hydrogen (secondary N) is 1. The number of hydrogen-bond acceptors (Lipinski definition) is 3. The van der Waals surface area contributed by atoms with E-state index >= 15 is 0 Å². The van der Waals surface area contributed by atoms with Crippen molar-refractivity contribution in [2.24, 2.45) is 27.9 Å². The molecule has 0 amide bonds. The van der Waals surface area contributed by atoms with E-state index in [2.05, 4.69) is 24.1 Å². The Morgan fingerprint density at radius 3 is 2.14 bits per heavy atom. The zero-order valence-electron chi connectivity index (χ0n) is 13.7. The van der Waals surface area contributed by atoms with Gasteiger partial charge in [0, 0.05) is 5.97 Å². The summed E-state index contributed by atoms with van der Waals surface area (Å²) in [6, 6.07) is 0. The number of hydrogen-bond donors (Lipinski definition) is 3. The molecule has 0 heterocycles. The lowest BCUT2D eigenvalue weighted by molar-refractivity contribution is -0.464. The highest BCUT2D eigenvalue weighted by molar-refractivity contribution is 5.82. The first kappa shape index (κ1) is 19.4. The zero-order valence-corrected chi connectivity index (χ0v) is 13.7. The van der Waals surface area contributed by atoms with Gasteiger partial charge in [0.15, 0.2) is 0 Å². The van der Waals surface area contributed by atoms with Crippen LogP contribution in [0.25, 0.3) is 0 Å². The minimum absolute atomic E-state index is 0.153. The van der Waals surface area contributed by atoms with Crippen LogP contribution in [-0.4, -0.2) is 17.6 Å². The number of rotatable bonds is 4. The van der Waals surface area contributed by atoms with Gasteiger partial charge in [-0.15, -0.1) is 5.10 Å². The van der Waals surface area contributed by atoms with Crippen LogP contribution in [-0.2, 0) is 4.79 Å². The van der Waals surface area contributed by atoms with Crippen LogP contribution in [0.3, 0.4) is 0 Å². The van der Waals surface area contributed by atoms with Crippen LogP contribution >= 0.6 is 0 Å². The molecule has 21 heavy (non-hydrogen) atoms. The van der Waals surface area contributed by atoms with Crippen LogP contribution in [0.4, 0.5) is 0 Å². The van der Waals surface area contributed by atoms with Gasteiger partial charge in [-0.1, -0.05) is 33.1 Å². The molecule has 1 fully saturated rings. The Bertz CT molecular complexity index is 375. The standard InChI is InChI=1S/C13H26N4.C2H4O2/c1-10(16-17-12(14)15)9-13(2,3)11-7-5-4-6-8-11;1-2(3)4/h11H,4-9H2,1-3H3,(H4,14,15,17);1H3,(H,3,4). The van der Waals surface area contributed by atoms with Crippen molar-refractivity contribution in [3.63, 3.8) is 0 Å². The summed E-state index contributed by atoms with van der Waals surface area (Å²) in [7, 11) is 0. The van der Waals surface area contributed by atoms with E-state index in [0.717, 1.165) is 25.0 Å². The van der Waals surface area contributed by atoms with Gasteiger partial charge in [0.05, 0.1) is 5.71 Å². The van der Waals surface area contributed by atoms with Gasteiger partial charge in [-0.2, -0.15) is 5.10 Å². The van der Waals surface area contributed by atoms with E-state index in [0.29, 0.717) is 5.41 Å². The second-order valence-corrected chi connectivity index (χ2v) is 6.41. The molecule has 1 aliphatic carbocycles. The maximum Gasteiger partial charge on any atom is 0.362 e. The maximum absolute atomic E-state index is 8.89. The Balaban J connectivity index is 0.000000885. The van der Waals surface area contributed by atoms with Gasteiger partial charge in [0.2, 0.25) is 0 Å². The van der Waals surface area contributed by atoms with Crippen molar-refractivity contribution in [1.82, 2.24) is 0 Å². The number of guanidine groups is 1. The highest BCUT2D eigenvalue weighted by Crippen LogP contribution is 2.40. The van der Waals surface area contributed by atoms with Gasteiger partial charge >= 0.3 is 5.96 Å². The summed E-state index contributed by atoms with van der Waals surface area (Å²) in [4.78, 5) is 8.89. The molecule has 1 saturated carbocycles. The first-order chi connectivity index (χ1) is 9.65. The van der Waals surface area contributed by atoms with Gasteiger partial charge in [0.25, 0.3) is 0 Å². The largest absolute Gasteiger partial charge is 0.550 e. The summed E-state index contributed by atoms with van der Waals surface area (Å²) in [5.74, 6) is -0.111. The molecule has 1 rings (SSSR count). The normalized spacial score (nSPS) is 16.7. The molecule has 0 unspecified atom stereocenters. The highest BCUT2D eigenvalue weighted by atomic mass is 16.4. The number of carboxylic acids is 1. The van der Waals surface area contributed by atoms with Crippen molar-refractivity contribution < 1.29 is 15.0 Å². The zero-order chi connectivity index (χ0) is 16.5. The Morgan fingerprint density at radius 1 is 1.24 bits per heavy atom. The summed E-state index contributed by atoms with van der Waals surface area (Å²) in [5.41, 5.74) is 12.0. The predicted molar refractivity (Wildman–Crippen MR) is 83.1 cm³/mol. The van der Waals surface area contributed by atoms with Gasteiger partial charge in [-0.05, 0) is 44.4 Å². The molecule has 0 atom stereocenters. The number of nitrogens with zero attached hydrogens (tertiary/aromatic N) is 1. The molecular formula is C15H30N4O2. The third-order valence-electron chi connectivity index (χ3n) is 3.80. The minimum Gasteiger partial charge on any atom is -0.550 e. The molecule has 5 N–H and O–H groups in total. The van der Waals surface area contributed by atoms with Crippen LogP contribution in [0, 0.1) is 11.3 Å². The number of carboxylic acid groups (broad SMARTS) is 1. The van der Waals surface area contributed by atoms with Crippen molar-refractivity contribution in [3.05, 3.63) is 0 Å². The third kappa shape index (κ3) is 9.87. The van der Waals surface area contributed by atoms with Gasteiger partial charge in [0.1, 0.15) is 0 Å². The van der Waals surface area contributed by atoms with Gasteiger partial charge in [-0.25, -0.2) is 0 Å². The first-order valence-electron chi connectivity index (χ1n) is 7.50. The molecule has 0 spiro atoms. The summed E-state index contributed by atoms with van der Waals surface area (Å²) in [6.07, 6.45) is 7.88. The average Bonchev–Trinajstić information content (AvgIpc) is 2.36. The van der Waals surface area contributed by atoms with Crippen molar-refractivity contribution >= 4 is 17.6 Å². The van der Waals surface area contributed by atoms with Crippen molar-refractivity contribution in [1.29, 1.82) is 0 Å². The van der Waals surface area contributed by atoms with E-state index in [1.807, 2.05) is 6.92 Å². The van der Waals surface area contributed by atoms with E-state index < -0.39 is 5.97 Å². The molecule has 0 radical (unpaired) electrons. The molecule has 0 bridgehead atoms. The second kappa shape index (κ2) is 9.37. The van der Waals surface area contributed by atoms with Crippen LogP contribution in [0.1, 0.15) is 66.2 Å². The number of hydrazone groups is 1. The molecule has 6 nitrogen and oxygen atoms in total. The highest BCUT2D eigenvalue weighted by Gasteiger charge is 2.31. The summed E-state index contributed by atoms with van der Waals surface area (Å²) in [6.45, 7) is 7.69. The number of carbonyl (C=O) groups is 1. The lowest BCUT2D eigenvalue weighted by atomic mass is 9.69. The Morgan fingerprint density at radius 2 is 1.71 bits per heavy atom. The molecule has 122 valence electrons. The molecular weight excluding hydrogens is 268 g/mol. The van der Waals surface area contributed by atoms with Crippen LogP contribution < -0.4 is 21.7 Å². The molecule has 0 saturated heterocycles. The second-order valence-electron chi connectivity index (χ2n) is 6.41. The van der Waals surface area contributed by atoms with Crippen LogP contribution in [0.15, 0.2) is 5.10 Å². The Hall–Kier alpha value is -1.59. The topological polar surface area (TPSA) is 118 Å². The van der Waals surface area contributed by atoms with Crippen molar-refractivity contribution in [3.8, 4) is 0 Å². The lowest BCUT2D eigenvalue weighted by Crippen LogP contribution is -2.72. The Kier molecular flexibility index (Phi) is 8.66. The van der Waals surface area contributed by atoms with Crippen LogP contribution in [0.2, 0.25) is 0 Å². The summed E-state index contributed by atoms with van der Waals surface area (Å²) in [5, 5.41) is 15.7. The molecule has 1 aliphatic rings. The number of aliphatic carboxylic acids is 1. The van der Waals surface area contributed by atoms with Crippen molar-refractivity contribution in [2.45, 2.75) is 66.2 Å². The van der Waals surface area contributed by atoms with Crippen LogP contribution in [0.5, 0.6) is 0 Å². The molecule has 0 aromatic heterocycles. The average molecular weight is 298 g/mol. The SMILES string of the molecule is CC(=O)[O-].CC(CC(C)(C)C1CCCCC1)=N[NH+]=C(N)N. The fourth-order valence-corrected chi connectivity index (χ4v) is 2.89. The number of carbonyl (C=O) groups excluding carboxylic acids is 1. The van der Waals surface area contributed by atoms with E-state index in [-0.39, 0.29) is 5.96 Å². The van der Waals surface area contributed by atoms with E-state index in [9.17, 15) is 0 Å². The molecule has 0 aliphatic heterocycles. The molecule has 6 heteroatoms. The number of nitrogens with two attached hydrogens (primary N) is 2. The maximum atomic E-state index is 8.89. The summed E-state index contributed by atoms with van der Waals surface area (Å²) < 4.78 is 0. The quantitative estimate of drug-likeness (QED) is 0.367. The molecule has 0 aromatic carbocycles. The van der Waals surface area contributed by atoms with E-state index in [1.54, 1.807) is 0 Å². The lowest BCUT2D eigenvalue weighted by Gasteiger charge is -2.37. The van der Waals surface area contributed by atoms with E-state index in [1.165, 1.54) is 32.1 Å². The fraction of sp³-hybridized carbons (Fsp3) is 0.800. The van der Waals surface area contributed by atoms with Gasteiger partial charge < -0.3 is 9.90 Å². The summed E-state index contributed by atoms with van der Waals surface area (Å²) >= 11 is 0. The fourth-order valence-electron chi connectivity index (χ4n) is 2.89. The Labute approximate surface area is 127 Å². The van der Waals surface area contributed by atoms with Gasteiger partial charge in [-0.3, -0.25) is 11.5 Å². The monoisotopic (exact) mass is 298 g/mol. The minimum atomic E-state index is -1.08. The smallest absolute Gasteiger partial charge is 0.362 e. The van der Waals surface area contributed by atoms with E-state index in [4.69, 9.17) is 21.4 Å².